The SMILES string of the molecule is COCCN(CC(=O)OC)C(=O)c1csc(Cc2ccccc2)n1. The maximum Gasteiger partial charge on any atom is 0.325 e. The molecule has 0 atom stereocenters. The zero-order valence-electron chi connectivity index (χ0n) is 13.7. The van der Waals surface area contributed by atoms with Crippen LogP contribution in [0, 0.1) is 0 Å². The molecule has 128 valence electrons. The first kappa shape index (κ1) is 18.1. The Bertz CT molecular complexity index is 672. The van der Waals surface area contributed by atoms with Crippen LogP contribution < -0.4 is 0 Å². The van der Waals surface area contributed by atoms with Crippen LogP contribution >= 0.6 is 11.3 Å². The second-order valence-corrected chi connectivity index (χ2v) is 6.03. The van der Waals surface area contributed by atoms with Gasteiger partial charge in [0.05, 0.1) is 18.7 Å². The van der Waals surface area contributed by atoms with Gasteiger partial charge in [-0.3, -0.25) is 9.59 Å². The third-order valence-corrected chi connectivity index (χ3v) is 4.22. The maximum atomic E-state index is 12.6. The number of ether oxygens (including phenoxy) is 2. The van der Waals surface area contributed by atoms with Gasteiger partial charge >= 0.3 is 5.97 Å². The number of nitrogens with zero attached hydrogens (tertiary/aromatic N) is 2. The molecule has 0 saturated carbocycles. The van der Waals surface area contributed by atoms with Gasteiger partial charge < -0.3 is 14.4 Å². The monoisotopic (exact) mass is 348 g/mol. The standard InChI is InChI=1S/C17H20N2O4S/c1-22-9-8-19(11-16(20)23-2)17(21)14-12-24-15(18-14)10-13-6-4-3-5-7-13/h3-7,12H,8-11H2,1-2H3. The Morgan fingerprint density at radius 3 is 2.62 bits per heavy atom. The van der Waals surface area contributed by atoms with Gasteiger partial charge in [0.25, 0.3) is 5.91 Å². The largest absolute Gasteiger partial charge is 0.468 e. The Morgan fingerprint density at radius 1 is 1.21 bits per heavy atom. The van der Waals surface area contributed by atoms with E-state index in [1.54, 1.807) is 12.5 Å². The van der Waals surface area contributed by atoms with Crippen molar-refractivity contribution in [2.45, 2.75) is 6.42 Å². The third-order valence-electron chi connectivity index (χ3n) is 3.37. The van der Waals surface area contributed by atoms with Crippen LogP contribution in [0.1, 0.15) is 21.1 Å². The molecular formula is C17H20N2O4S. The molecule has 0 aliphatic rings. The molecule has 24 heavy (non-hydrogen) atoms. The number of hydrogen-bond donors (Lipinski definition) is 0. The van der Waals surface area contributed by atoms with Crippen molar-refractivity contribution in [3.05, 3.63) is 52.0 Å². The lowest BCUT2D eigenvalue weighted by atomic mass is 10.2. The van der Waals surface area contributed by atoms with Crippen LogP contribution in [0.5, 0.6) is 0 Å². The molecule has 1 heterocycles. The molecule has 0 spiro atoms. The highest BCUT2D eigenvalue weighted by Gasteiger charge is 2.21. The lowest BCUT2D eigenvalue weighted by molar-refractivity contribution is -0.141. The second-order valence-electron chi connectivity index (χ2n) is 5.08. The van der Waals surface area contributed by atoms with Crippen molar-refractivity contribution in [2.75, 3.05) is 33.9 Å². The quantitative estimate of drug-likeness (QED) is 0.683. The smallest absolute Gasteiger partial charge is 0.325 e. The predicted molar refractivity (Wildman–Crippen MR) is 91.2 cm³/mol. The average molecular weight is 348 g/mol. The van der Waals surface area contributed by atoms with E-state index in [1.807, 2.05) is 30.3 Å². The zero-order valence-corrected chi connectivity index (χ0v) is 14.5. The van der Waals surface area contributed by atoms with Gasteiger partial charge in [-0.25, -0.2) is 4.98 Å². The van der Waals surface area contributed by atoms with Crippen molar-refractivity contribution in [1.29, 1.82) is 0 Å². The molecule has 0 aliphatic carbocycles. The van der Waals surface area contributed by atoms with Gasteiger partial charge in [-0.1, -0.05) is 30.3 Å². The summed E-state index contributed by atoms with van der Waals surface area (Å²) in [5.74, 6) is -0.771. The summed E-state index contributed by atoms with van der Waals surface area (Å²) < 4.78 is 9.63. The van der Waals surface area contributed by atoms with Crippen LogP contribution in [0.4, 0.5) is 0 Å². The van der Waals surface area contributed by atoms with Gasteiger partial charge in [0.1, 0.15) is 12.2 Å². The van der Waals surface area contributed by atoms with E-state index in [4.69, 9.17) is 4.74 Å². The minimum absolute atomic E-state index is 0.121. The molecule has 7 heteroatoms. The Balaban J connectivity index is 2.07. The Kier molecular flexibility index (Phi) is 6.89. The minimum Gasteiger partial charge on any atom is -0.468 e. The fourth-order valence-electron chi connectivity index (χ4n) is 2.10. The van der Waals surface area contributed by atoms with E-state index in [2.05, 4.69) is 9.72 Å². The second kappa shape index (κ2) is 9.14. The van der Waals surface area contributed by atoms with Gasteiger partial charge in [-0.05, 0) is 5.56 Å². The van der Waals surface area contributed by atoms with Gasteiger partial charge in [-0.2, -0.15) is 0 Å². The highest BCUT2D eigenvalue weighted by molar-refractivity contribution is 7.09. The first-order valence-electron chi connectivity index (χ1n) is 7.47. The van der Waals surface area contributed by atoms with Crippen molar-refractivity contribution in [3.8, 4) is 0 Å². The molecule has 0 unspecified atom stereocenters. The topological polar surface area (TPSA) is 68.7 Å². The Hall–Kier alpha value is -2.25. The number of carbonyl (C=O) groups excluding carboxylic acids is 2. The summed E-state index contributed by atoms with van der Waals surface area (Å²) in [7, 11) is 2.84. The van der Waals surface area contributed by atoms with Crippen LogP contribution in [0.2, 0.25) is 0 Å². The summed E-state index contributed by atoms with van der Waals surface area (Å²) in [6.45, 7) is 0.518. The highest BCUT2D eigenvalue weighted by Crippen LogP contribution is 2.16. The molecule has 1 aromatic heterocycles. The molecule has 0 aliphatic heterocycles. The fourth-order valence-corrected chi connectivity index (χ4v) is 2.90. The number of methoxy groups -OCH3 is 2. The number of aromatic nitrogens is 1. The van der Waals surface area contributed by atoms with E-state index in [0.29, 0.717) is 25.3 Å². The summed E-state index contributed by atoms with van der Waals surface area (Å²) in [6.07, 6.45) is 0.674. The van der Waals surface area contributed by atoms with Crippen LogP contribution in [0.15, 0.2) is 35.7 Å². The zero-order chi connectivity index (χ0) is 17.4. The molecule has 0 bridgehead atoms. The molecule has 0 saturated heterocycles. The number of amides is 1. The van der Waals surface area contributed by atoms with Crippen molar-refractivity contribution in [2.24, 2.45) is 0 Å². The van der Waals surface area contributed by atoms with E-state index in [9.17, 15) is 9.59 Å². The first-order chi connectivity index (χ1) is 11.6. The van der Waals surface area contributed by atoms with Crippen molar-refractivity contribution < 1.29 is 19.1 Å². The molecule has 1 aromatic carbocycles. The number of esters is 1. The van der Waals surface area contributed by atoms with E-state index >= 15 is 0 Å². The fraction of sp³-hybridized carbons (Fsp3) is 0.353. The summed E-state index contributed by atoms with van der Waals surface area (Å²) in [4.78, 5) is 29.9. The average Bonchev–Trinajstić information content (AvgIpc) is 3.07. The summed E-state index contributed by atoms with van der Waals surface area (Å²) >= 11 is 1.43. The van der Waals surface area contributed by atoms with Crippen LogP contribution in [0.3, 0.4) is 0 Å². The number of carbonyl (C=O) groups is 2. The Morgan fingerprint density at radius 2 is 1.96 bits per heavy atom. The van der Waals surface area contributed by atoms with Gasteiger partial charge in [0.2, 0.25) is 0 Å². The Labute approximate surface area is 145 Å². The highest BCUT2D eigenvalue weighted by atomic mass is 32.1. The molecule has 0 fully saturated rings. The van der Waals surface area contributed by atoms with Crippen molar-refractivity contribution in [1.82, 2.24) is 9.88 Å². The lowest BCUT2D eigenvalue weighted by Gasteiger charge is -2.19. The molecule has 0 N–H and O–H groups in total. The van der Waals surface area contributed by atoms with Crippen LogP contribution in [-0.2, 0) is 20.7 Å². The molecular weight excluding hydrogens is 328 g/mol. The summed E-state index contributed by atoms with van der Waals surface area (Å²) in [6, 6.07) is 9.94. The summed E-state index contributed by atoms with van der Waals surface area (Å²) in [5.41, 5.74) is 1.47. The number of rotatable bonds is 8. The molecule has 0 radical (unpaired) electrons. The third kappa shape index (κ3) is 5.14. The molecule has 2 aromatic rings. The van der Waals surface area contributed by atoms with Crippen molar-refractivity contribution >= 4 is 23.2 Å². The van der Waals surface area contributed by atoms with E-state index in [0.717, 1.165) is 10.6 Å². The molecule has 2 rings (SSSR count). The minimum atomic E-state index is -0.473. The predicted octanol–water partition coefficient (Wildman–Crippen LogP) is 2.00. The van der Waals surface area contributed by atoms with Gasteiger partial charge in [-0.15, -0.1) is 11.3 Å². The number of thiazole rings is 1. The first-order valence-corrected chi connectivity index (χ1v) is 8.35. The van der Waals surface area contributed by atoms with Crippen molar-refractivity contribution in [3.63, 3.8) is 0 Å². The van der Waals surface area contributed by atoms with E-state index in [1.165, 1.54) is 23.3 Å². The molecule has 1 amide bonds. The maximum absolute atomic E-state index is 12.6. The lowest BCUT2D eigenvalue weighted by Crippen LogP contribution is -2.38. The molecule has 6 nitrogen and oxygen atoms in total. The summed E-state index contributed by atoms with van der Waals surface area (Å²) in [5, 5.41) is 2.58. The van der Waals surface area contributed by atoms with Crippen LogP contribution in [-0.4, -0.2) is 55.7 Å². The van der Waals surface area contributed by atoms with Gasteiger partial charge in [0.15, 0.2) is 0 Å². The van der Waals surface area contributed by atoms with E-state index < -0.39 is 5.97 Å². The number of hydrogen-bond acceptors (Lipinski definition) is 6. The number of benzene rings is 1. The normalized spacial score (nSPS) is 10.4. The van der Waals surface area contributed by atoms with Gasteiger partial charge in [0, 0.05) is 25.5 Å². The van der Waals surface area contributed by atoms with Crippen LogP contribution in [0.25, 0.3) is 0 Å². The van der Waals surface area contributed by atoms with E-state index in [-0.39, 0.29) is 12.5 Å².